The third kappa shape index (κ3) is 5.83. The van der Waals surface area contributed by atoms with Gasteiger partial charge in [-0.1, -0.05) is 53.7 Å². The number of allylic oxidation sites excluding steroid dienone is 2. The Morgan fingerprint density at radius 3 is 2.37 bits per heavy atom. The molecular formula is C27H24N4O2S2. The zero-order chi connectivity index (χ0) is 24.8. The summed E-state index contributed by atoms with van der Waals surface area (Å²) in [5.41, 5.74) is 4.07. The molecule has 1 aliphatic rings. The quantitative estimate of drug-likeness (QED) is 0.383. The molecule has 8 heteroatoms. The highest BCUT2D eigenvalue weighted by Gasteiger charge is 2.35. The second kappa shape index (κ2) is 11.1. The Kier molecular flexibility index (Phi) is 7.70. The summed E-state index contributed by atoms with van der Waals surface area (Å²) >= 11 is 2.75. The number of hydrogen-bond donors (Lipinski definition) is 3. The summed E-state index contributed by atoms with van der Waals surface area (Å²) in [6, 6.07) is 22.9. The number of anilines is 2. The first kappa shape index (κ1) is 24.3. The van der Waals surface area contributed by atoms with Crippen LogP contribution >= 0.6 is 23.1 Å². The number of carbonyl (C=O) groups excluding carboxylic acids is 2. The molecule has 0 saturated carbocycles. The van der Waals surface area contributed by atoms with E-state index >= 15 is 0 Å². The minimum atomic E-state index is -0.521. The minimum absolute atomic E-state index is 0.122. The van der Waals surface area contributed by atoms with Gasteiger partial charge in [-0.3, -0.25) is 9.59 Å². The number of nitrogens with zero attached hydrogens (tertiary/aromatic N) is 1. The third-order valence-corrected chi connectivity index (χ3v) is 7.39. The van der Waals surface area contributed by atoms with E-state index in [1.165, 1.54) is 23.1 Å². The van der Waals surface area contributed by atoms with Gasteiger partial charge in [0.2, 0.25) is 5.91 Å². The average molecular weight is 501 g/mol. The molecule has 3 N–H and O–H groups in total. The van der Waals surface area contributed by atoms with Crippen LogP contribution in [0.1, 0.15) is 23.3 Å². The van der Waals surface area contributed by atoms with Gasteiger partial charge in [-0.2, -0.15) is 5.26 Å². The molecule has 0 bridgehead atoms. The van der Waals surface area contributed by atoms with E-state index in [0.29, 0.717) is 27.6 Å². The van der Waals surface area contributed by atoms with Crippen molar-refractivity contribution in [3.05, 3.63) is 104 Å². The van der Waals surface area contributed by atoms with Crippen LogP contribution in [0, 0.1) is 18.3 Å². The van der Waals surface area contributed by atoms with Crippen molar-refractivity contribution in [3.63, 3.8) is 0 Å². The molecule has 4 rings (SSSR count). The minimum Gasteiger partial charge on any atom is -0.353 e. The highest BCUT2D eigenvalue weighted by Crippen LogP contribution is 2.42. The molecule has 0 saturated heterocycles. The van der Waals surface area contributed by atoms with Crippen LogP contribution in [0.15, 0.2) is 94.0 Å². The maximum Gasteiger partial charge on any atom is 0.254 e. The molecule has 176 valence electrons. The molecule has 0 radical (unpaired) electrons. The van der Waals surface area contributed by atoms with Crippen molar-refractivity contribution < 1.29 is 9.59 Å². The Bertz CT molecular complexity index is 1320. The number of nitriles is 1. The third-order valence-electron chi connectivity index (χ3n) is 5.43. The molecule has 2 amide bonds. The van der Waals surface area contributed by atoms with E-state index in [-0.39, 0.29) is 17.6 Å². The number of thioether (sulfide) groups is 1. The van der Waals surface area contributed by atoms with Crippen molar-refractivity contribution in [1.29, 1.82) is 5.26 Å². The molecule has 0 fully saturated rings. The first-order valence-corrected chi connectivity index (χ1v) is 12.8. The standard InChI is InChI=1S/C27H24N4O2S2/c1-17-10-12-20(13-11-17)30-23(32)16-35-27-21(15-28)25(22-9-6-14-34-22)24(18(2)29-27)26(33)31-19-7-4-3-5-8-19/h3-14,25,29H,16H2,1-2H3,(H,30,32)(H,31,33)/t25-/m0/s1. The predicted octanol–water partition coefficient (Wildman–Crippen LogP) is 5.76. The lowest BCUT2D eigenvalue weighted by Gasteiger charge is -2.29. The van der Waals surface area contributed by atoms with Gasteiger partial charge in [-0.25, -0.2) is 0 Å². The number of dihydropyridines is 1. The maximum atomic E-state index is 13.3. The number of thiophene rings is 1. The molecule has 0 spiro atoms. The fourth-order valence-corrected chi connectivity index (χ4v) is 5.49. The van der Waals surface area contributed by atoms with Gasteiger partial charge >= 0.3 is 0 Å². The lowest BCUT2D eigenvalue weighted by Crippen LogP contribution is -2.30. The van der Waals surface area contributed by atoms with Crippen LogP contribution in [0.2, 0.25) is 0 Å². The van der Waals surface area contributed by atoms with Crippen molar-refractivity contribution in [1.82, 2.24) is 5.32 Å². The van der Waals surface area contributed by atoms with Crippen LogP contribution in [0.3, 0.4) is 0 Å². The highest BCUT2D eigenvalue weighted by molar-refractivity contribution is 8.03. The monoisotopic (exact) mass is 500 g/mol. The number of rotatable bonds is 7. The molecule has 1 aliphatic heterocycles. The molecule has 6 nitrogen and oxygen atoms in total. The molecule has 1 atom stereocenters. The molecule has 3 aromatic rings. The topological polar surface area (TPSA) is 94.0 Å². The summed E-state index contributed by atoms with van der Waals surface area (Å²) in [6.07, 6.45) is 0. The van der Waals surface area contributed by atoms with E-state index in [9.17, 15) is 14.9 Å². The van der Waals surface area contributed by atoms with E-state index in [2.05, 4.69) is 22.0 Å². The first-order chi connectivity index (χ1) is 17.0. The highest BCUT2D eigenvalue weighted by atomic mass is 32.2. The number of carbonyl (C=O) groups is 2. The van der Waals surface area contributed by atoms with Crippen LogP contribution < -0.4 is 16.0 Å². The van der Waals surface area contributed by atoms with Crippen molar-refractivity contribution in [2.24, 2.45) is 0 Å². The molecule has 0 unspecified atom stereocenters. The number of aryl methyl sites for hydroxylation is 1. The number of hydrogen-bond acceptors (Lipinski definition) is 6. The van der Waals surface area contributed by atoms with Crippen LogP contribution in [0.4, 0.5) is 11.4 Å². The Labute approximate surface area is 212 Å². The van der Waals surface area contributed by atoms with Crippen molar-refractivity contribution in [2.45, 2.75) is 19.8 Å². The van der Waals surface area contributed by atoms with Gasteiger partial charge in [0.15, 0.2) is 0 Å². The SMILES string of the molecule is CC1=C(C(=O)Nc2ccccc2)[C@H](c2cccs2)C(C#N)=C(SCC(=O)Nc2ccc(C)cc2)N1. The summed E-state index contributed by atoms with van der Waals surface area (Å²) in [5.74, 6) is -0.842. The van der Waals surface area contributed by atoms with E-state index in [0.717, 1.165) is 16.1 Å². The van der Waals surface area contributed by atoms with Gasteiger partial charge in [-0.15, -0.1) is 11.3 Å². The summed E-state index contributed by atoms with van der Waals surface area (Å²) in [6.45, 7) is 3.81. The lowest BCUT2D eigenvalue weighted by molar-refractivity contribution is -0.114. The Morgan fingerprint density at radius 2 is 1.71 bits per heavy atom. The maximum absolute atomic E-state index is 13.3. The molecule has 0 aliphatic carbocycles. The molecule has 2 heterocycles. The number of nitrogens with one attached hydrogen (secondary N) is 3. The smallest absolute Gasteiger partial charge is 0.254 e. The second-order valence-electron chi connectivity index (χ2n) is 7.99. The average Bonchev–Trinajstić information content (AvgIpc) is 3.39. The Morgan fingerprint density at radius 1 is 1.00 bits per heavy atom. The normalized spacial score (nSPS) is 15.3. The van der Waals surface area contributed by atoms with Gasteiger partial charge in [-0.05, 0) is 49.6 Å². The van der Waals surface area contributed by atoms with Gasteiger partial charge in [0.1, 0.15) is 0 Å². The molecule has 1 aromatic heterocycles. The van der Waals surface area contributed by atoms with E-state index in [1.807, 2.05) is 86.0 Å². The number of amides is 2. The van der Waals surface area contributed by atoms with E-state index in [1.54, 1.807) is 0 Å². The van der Waals surface area contributed by atoms with Gasteiger partial charge in [0.05, 0.1) is 28.3 Å². The summed E-state index contributed by atoms with van der Waals surface area (Å²) in [5, 5.41) is 21.7. The predicted molar refractivity (Wildman–Crippen MR) is 143 cm³/mol. The zero-order valence-electron chi connectivity index (χ0n) is 19.3. The van der Waals surface area contributed by atoms with Gasteiger partial charge < -0.3 is 16.0 Å². The van der Waals surface area contributed by atoms with Crippen molar-refractivity contribution in [2.75, 3.05) is 16.4 Å². The molecule has 2 aromatic carbocycles. The second-order valence-corrected chi connectivity index (χ2v) is 9.95. The molecule has 35 heavy (non-hydrogen) atoms. The molecular weight excluding hydrogens is 476 g/mol. The van der Waals surface area contributed by atoms with E-state index < -0.39 is 5.92 Å². The Hall–Kier alpha value is -3.80. The fraction of sp³-hybridized carbons (Fsp3) is 0.148. The van der Waals surface area contributed by atoms with Crippen LogP contribution in [-0.4, -0.2) is 17.6 Å². The van der Waals surface area contributed by atoms with Gasteiger partial charge in [0.25, 0.3) is 5.91 Å². The first-order valence-electron chi connectivity index (χ1n) is 11.0. The fourth-order valence-electron chi connectivity index (χ4n) is 3.76. The summed E-state index contributed by atoms with van der Waals surface area (Å²) in [4.78, 5) is 26.8. The van der Waals surface area contributed by atoms with E-state index in [4.69, 9.17) is 0 Å². The summed E-state index contributed by atoms with van der Waals surface area (Å²) in [7, 11) is 0. The van der Waals surface area contributed by atoms with Crippen LogP contribution in [0.5, 0.6) is 0 Å². The largest absolute Gasteiger partial charge is 0.353 e. The van der Waals surface area contributed by atoms with Crippen LogP contribution in [0.25, 0.3) is 0 Å². The van der Waals surface area contributed by atoms with Crippen molar-refractivity contribution in [3.8, 4) is 6.07 Å². The Balaban J connectivity index is 1.57. The van der Waals surface area contributed by atoms with Gasteiger partial charge in [0, 0.05) is 27.5 Å². The van der Waals surface area contributed by atoms with Crippen LogP contribution in [-0.2, 0) is 9.59 Å². The summed E-state index contributed by atoms with van der Waals surface area (Å²) < 4.78 is 0. The number of benzene rings is 2. The zero-order valence-corrected chi connectivity index (χ0v) is 20.9. The number of para-hydroxylation sites is 1. The lowest BCUT2D eigenvalue weighted by atomic mass is 9.86. The van der Waals surface area contributed by atoms with Crippen molar-refractivity contribution >= 4 is 46.3 Å².